The highest BCUT2D eigenvalue weighted by Crippen LogP contribution is 2.24. The van der Waals surface area contributed by atoms with Gasteiger partial charge in [0.1, 0.15) is 0 Å². The Bertz CT molecular complexity index is 367. The first-order valence-electron chi connectivity index (χ1n) is 5.56. The quantitative estimate of drug-likeness (QED) is 0.819. The molecule has 1 saturated heterocycles. The zero-order valence-electron chi connectivity index (χ0n) is 9.68. The molecule has 5 heteroatoms. The largest absolute Gasteiger partial charge is 0.395 e. The SMILES string of the molecule is Cc1nc(C)c(CN2C[C@@H](O)C[C@H]2CO)s1. The molecule has 1 aliphatic heterocycles. The number of aryl methyl sites for hydroxylation is 2. The second-order valence-electron chi connectivity index (χ2n) is 4.40. The molecule has 2 atom stereocenters. The van der Waals surface area contributed by atoms with E-state index in [1.165, 1.54) is 4.88 Å². The van der Waals surface area contributed by atoms with Gasteiger partial charge >= 0.3 is 0 Å². The first-order valence-corrected chi connectivity index (χ1v) is 6.37. The molecule has 2 heterocycles. The average molecular weight is 242 g/mol. The highest BCUT2D eigenvalue weighted by Gasteiger charge is 2.30. The average Bonchev–Trinajstić information content (AvgIpc) is 2.71. The molecule has 0 bridgehead atoms. The Morgan fingerprint density at radius 1 is 1.50 bits per heavy atom. The molecule has 16 heavy (non-hydrogen) atoms. The van der Waals surface area contributed by atoms with E-state index >= 15 is 0 Å². The number of hydrogen-bond acceptors (Lipinski definition) is 5. The molecular formula is C11H18N2O2S. The van der Waals surface area contributed by atoms with Gasteiger partial charge < -0.3 is 10.2 Å². The minimum Gasteiger partial charge on any atom is -0.395 e. The van der Waals surface area contributed by atoms with Crippen molar-refractivity contribution in [3.05, 3.63) is 15.6 Å². The minimum atomic E-state index is -0.300. The first kappa shape index (κ1) is 12.0. The van der Waals surface area contributed by atoms with E-state index < -0.39 is 0 Å². The summed E-state index contributed by atoms with van der Waals surface area (Å²) >= 11 is 1.70. The smallest absolute Gasteiger partial charge is 0.0900 e. The van der Waals surface area contributed by atoms with Crippen LogP contribution in [0.15, 0.2) is 0 Å². The fourth-order valence-electron chi connectivity index (χ4n) is 2.25. The lowest BCUT2D eigenvalue weighted by atomic mass is 10.2. The highest BCUT2D eigenvalue weighted by molar-refractivity contribution is 7.11. The summed E-state index contributed by atoms with van der Waals surface area (Å²) in [7, 11) is 0. The van der Waals surface area contributed by atoms with Crippen LogP contribution >= 0.6 is 11.3 Å². The van der Waals surface area contributed by atoms with Crippen LogP contribution in [-0.2, 0) is 6.54 Å². The van der Waals surface area contributed by atoms with Gasteiger partial charge in [-0.3, -0.25) is 4.90 Å². The van der Waals surface area contributed by atoms with Crippen LogP contribution in [-0.4, -0.2) is 45.4 Å². The summed E-state index contributed by atoms with van der Waals surface area (Å²) in [6.45, 7) is 5.58. The summed E-state index contributed by atoms with van der Waals surface area (Å²) in [6, 6.07) is 0.0943. The molecule has 0 amide bonds. The molecule has 1 aliphatic rings. The molecular weight excluding hydrogens is 224 g/mol. The molecule has 4 nitrogen and oxygen atoms in total. The number of rotatable bonds is 3. The van der Waals surface area contributed by atoms with Crippen molar-refractivity contribution in [2.24, 2.45) is 0 Å². The lowest BCUT2D eigenvalue weighted by Crippen LogP contribution is -2.31. The van der Waals surface area contributed by atoms with Crippen molar-refractivity contribution in [1.29, 1.82) is 0 Å². The number of hydrogen-bond donors (Lipinski definition) is 2. The lowest BCUT2D eigenvalue weighted by Gasteiger charge is -2.21. The van der Waals surface area contributed by atoms with E-state index in [9.17, 15) is 10.2 Å². The third-order valence-corrected chi connectivity index (χ3v) is 4.12. The molecule has 2 rings (SSSR count). The Labute approximate surface area is 99.6 Å². The first-order chi connectivity index (χ1) is 7.60. The Balaban J connectivity index is 2.06. The van der Waals surface area contributed by atoms with Crippen molar-refractivity contribution < 1.29 is 10.2 Å². The maximum absolute atomic E-state index is 9.59. The van der Waals surface area contributed by atoms with Crippen molar-refractivity contribution in [3.8, 4) is 0 Å². The van der Waals surface area contributed by atoms with Gasteiger partial charge in [0.05, 0.1) is 23.4 Å². The minimum absolute atomic E-state index is 0.0943. The van der Waals surface area contributed by atoms with Crippen LogP contribution in [0.2, 0.25) is 0 Å². The van der Waals surface area contributed by atoms with Gasteiger partial charge in [-0.2, -0.15) is 0 Å². The molecule has 0 radical (unpaired) electrons. The molecule has 0 saturated carbocycles. The zero-order valence-corrected chi connectivity index (χ0v) is 10.5. The number of likely N-dealkylation sites (tertiary alicyclic amines) is 1. The number of aliphatic hydroxyl groups excluding tert-OH is 2. The third kappa shape index (κ3) is 2.43. The summed E-state index contributed by atoms with van der Waals surface area (Å²) in [5.41, 5.74) is 1.07. The van der Waals surface area contributed by atoms with Crippen molar-refractivity contribution in [3.63, 3.8) is 0 Å². The van der Waals surface area contributed by atoms with Gasteiger partial charge in [0, 0.05) is 24.0 Å². The second kappa shape index (κ2) is 4.79. The number of aliphatic hydroxyl groups is 2. The number of aromatic nitrogens is 1. The molecule has 1 fully saturated rings. The van der Waals surface area contributed by atoms with Crippen LogP contribution in [0.3, 0.4) is 0 Å². The summed E-state index contributed by atoms with van der Waals surface area (Å²) in [5.74, 6) is 0. The van der Waals surface area contributed by atoms with Crippen LogP contribution in [0, 0.1) is 13.8 Å². The van der Waals surface area contributed by atoms with Crippen LogP contribution in [0.5, 0.6) is 0 Å². The molecule has 1 aromatic rings. The topological polar surface area (TPSA) is 56.6 Å². The van der Waals surface area contributed by atoms with Crippen LogP contribution < -0.4 is 0 Å². The molecule has 1 aromatic heterocycles. The van der Waals surface area contributed by atoms with E-state index in [1.54, 1.807) is 11.3 Å². The van der Waals surface area contributed by atoms with Crippen LogP contribution in [0.4, 0.5) is 0 Å². The molecule has 0 unspecified atom stereocenters. The lowest BCUT2D eigenvalue weighted by molar-refractivity contribution is 0.150. The zero-order chi connectivity index (χ0) is 11.7. The van der Waals surface area contributed by atoms with Crippen LogP contribution in [0.1, 0.15) is 22.0 Å². The van der Waals surface area contributed by atoms with E-state index in [2.05, 4.69) is 9.88 Å². The molecule has 2 N–H and O–H groups in total. The monoisotopic (exact) mass is 242 g/mol. The Kier molecular flexibility index (Phi) is 3.59. The predicted molar refractivity (Wildman–Crippen MR) is 63.5 cm³/mol. The van der Waals surface area contributed by atoms with Gasteiger partial charge in [0.15, 0.2) is 0 Å². The predicted octanol–water partition coefficient (Wildman–Crippen LogP) is 0.687. The maximum Gasteiger partial charge on any atom is 0.0900 e. The van der Waals surface area contributed by atoms with Gasteiger partial charge in [-0.1, -0.05) is 0 Å². The summed E-state index contributed by atoms with van der Waals surface area (Å²) < 4.78 is 0. The Hall–Kier alpha value is -0.490. The fourth-order valence-corrected chi connectivity index (χ4v) is 3.21. The Morgan fingerprint density at radius 2 is 2.25 bits per heavy atom. The van der Waals surface area contributed by atoms with Gasteiger partial charge in [-0.05, 0) is 20.3 Å². The van der Waals surface area contributed by atoms with E-state index in [1.807, 2.05) is 13.8 Å². The molecule has 0 spiro atoms. The van der Waals surface area contributed by atoms with Gasteiger partial charge in [-0.25, -0.2) is 4.98 Å². The molecule has 90 valence electrons. The molecule has 0 aromatic carbocycles. The normalized spacial score (nSPS) is 26.5. The highest BCUT2D eigenvalue weighted by atomic mass is 32.1. The standard InChI is InChI=1S/C11H18N2O2S/c1-7-11(16-8(2)12-7)5-13-4-10(15)3-9(13)6-14/h9-10,14-15H,3-6H2,1-2H3/t9-,10-/m0/s1. The van der Waals surface area contributed by atoms with Gasteiger partial charge in [-0.15, -0.1) is 11.3 Å². The summed E-state index contributed by atoms with van der Waals surface area (Å²) in [4.78, 5) is 7.77. The maximum atomic E-state index is 9.59. The van der Waals surface area contributed by atoms with E-state index in [4.69, 9.17) is 0 Å². The number of thiazole rings is 1. The summed E-state index contributed by atoms with van der Waals surface area (Å²) in [6.07, 6.45) is 0.374. The van der Waals surface area contributed by atoms with Crippen LogP contribution in [0.25, 0.3) is 0 Å². The van der Waals surface area contributed by atoms with Crippen molar-refractivity contribution in [1.82, 2.24) is 9.88 Å². The number of β-amino-alcohol motifs (C(OH)–C–C–N with tert-alkyl or cyclic N) is 1. The van der Waals surface area contributed by atoms with Crippen molar-refractivity contribution >= 4 is 11.3 Å². The fraction of sp³-hybridized carbons (Fsp3) is 0.727. The third-order valence-electron chi connectivity index (χ3n) is 3.06. The van der Waals surface area contributed by atoms with Gasteiger partial charge in [0.25, 0.3) is 0 Å². The van der Waals surface area contributed by atoms with Crippen molar-refractivity contribution in [2.45, 2.75) is 39.0 Å². The Morgan fingerprint density at radius 3 is 2.81 bits per heavy atom. The second-order valence-corrected chi connectivity index (χ2v) is 5.68. The van der Waals surface area contributed by atoms with E-state index in [-0.39, 0.29) is 18.8 Å². The molecule has 0 aliphatic carbocycles. The van der Waals surface area contributed by atoms with E-state index in [0.29, 0.717) is 13.0 Å². The summed E-state index contributed by atoms with van der Waals surface area (Å²) in [5, 5.41) is 19.9. The van der Waals surface area contributed by atoms with Gasteiger partial charge in [0.2, 0.25) is 0 Å². The van der Waals surface area contributed by atoms with Crippen molar-refractivity contribution in [2.75, 3.05) is 13.2 Å². The number of nitrogens with zero attached hydrogens (tertiary/aromatic N) is 2. The van der Waals surface area contributed by atoms with E-state index in [0.717, 1.165) is 17.2 Å².